The van der Waals surface area contributed by atoms with Crippen molar-refractivity contribution in [3.63, 3.8) is 0 Å². The van der Waals surface area contributed by atoms with Crippen molar-refractivity contribution in [3.8, 4) is 0 Å². The minimum absolute atomic E-state index is 0.00168. The summed E-state index contributed by atoms with van der Waals surface area (Å²) in [6.07, 6.45) is -0.223. The molecule has 0 N–H and O–H groups in total. The molecule has 9 heteroatoms. The van der Waals surface area contributed by atoms with Crippen molar-refractivity contribution in [3.05, 3.63) is 105 Å². The van der Waals surface area contributed by atoms with Crippen molar-refractivity contribution in [2.45, 2.75) is 19.1 Å². The van der Waals surface area contributed by atoms with E-state index in [-0.39, 0.29) is 24.2 Å². The molecule has 0 fully saturated rings. The molecule has 0 saturated carbocycles. The van der Waals surface area contributed by atoms with E-state index in [0.717, 1.165) is 12.1 Å². The van der Waals surface area contributed by atoms with E-state index in [2.05, 4.69) is 5.16 Å². The number of amides is 1. The van der Waals surface area contributed by atoms with Crippen LogP contribution in [0.15, 0.2) is 65.8 Å². The molecule has 170 valence electrons. The smallest absolute Gasteiger partial charge is 0.257 e. The Kier molecular flexibility index (Phi) is 6.91. The van der Waals surface area contributed by atoms with Gasteiger partial charge in [-0.25, -0.2) is 13.2 Å². The molecule has 4 rings (SSSR count). The first-order valence-corrected chi connectivity index (χ1v) is 10.7. The van der Waals surface area contributed by atoms with Crippen LogP contribution in [0.4, 0.5) is 13.2 Å². The van der Waals surface area contributed by atoms with Gasteiger partial charge in [0.2, 0.25) is 0 Å². The molecule has 33 heavy (non-hydrogen) atoms. The molecule has 0 spiro atoms. The zero-order valence-electron chi connectivity index (χ0n) is 17.1. The number of oxime groups is 1. The molecule has 1 atom stereocenters. The summed E-state index contributed by atoms with van der Waals surface area (Å²) in [5, 5.41) is 4.84. The topological polar surface area (TPSA) is 41.9 Å². The van der Waals surface area contributed by atoms with Gasteiger partial charge in [0, 0.05) is 30.2 Å². The Morgan fingerprint density at radius 2 is 1.79 bits per heavy atom. The van der Waals surface area contributed by atoms with Crippen LogP contribution >= 0.6 is 23.2 Å². The third-order valence-electron chi connectivity index (χ3n) is 5.18. The predicted molar refractivity (Wildman–Crippen MR) is 120 cm³/mol. The number of benzene rings is 3. The number of halogens is 5. The van der Waals surface area contributed by atoms with Crippen LogP contribution in [0.25, 0.3) is 0 Å². The van der Waals surface area contributed by atoms with Gasteiger partial charge in [-0.15, -0.1) is 0 Å². The van der Waals surface area contributed by atoms with Gasteiger partial charge in [0.25, 0.3) is 5.91 Å². The lowest BCUT2D eigenvalue weighted by atomic mass is 10.0. The molecule has 3 aromatic carbocycles. The molecule has 0 bridgehead atoms. The minimum Gasteiger partial charge on any atom is -0.390 e. The lowest BCUT2D eigenvalue weighted by Crippen LogP contribution is -2.38. The second-order valence-electron chi connectivity index (χ2n) is 7.50. The predicted octanol–water partition coefficient (Wildman–Crippen LogP) is 6.25. The Labute approximate surface area is 198 Å². The SMILES string of the molecule is O=C(c1ccccc1F)N(Cc1ccc(F)cc1F)CC1CC(c2ccc(Cl)c(Cl)c2)=NO1. The number of rotatable bonds is 6. The first kappa shape index (κ1) is 23.1. The van der Waals surface area contributed by atoms with Crippen LogP contribution < -0.4 is 0 Å². The van der Waals surface area contributed by atoms with Gasteiger partial charge in [0.1, 0.15) is 17.5 Å². The molecule has 0 radical (unpaired) electrons. The molecular weight excluding hydrogens is 476 g/mol. The Balaban J connectivity index is 1.55. The summed E-state index contributed by atoms with van der Waals surface area (Å²) < 4.78 is 41.9. The van der Waals surface area contributed by atoms with Crippen molar-refractivity contribution in [1.82, 2.24) is 4.90 Å². The fourth-order valence-electron chi connectivity index (χ4n) is 3.50. The number of nitrogens with zero attached hydrogens (tertiary/aromatic N) is 2. The van der Waals surface area contributed by atoms with E-state index in [1.807, 2.05) is 0 Å². The van der Waals surface area contributed by atoms with E-state index >= 15 is 0 Å². The maximum absolute atomic E-state index is 14.3. The number of carbonyl (C=O) groups excluding carboxylic acids is 1. The van der Waals surface area contributed by atoms with Crippen LogP contribution in [0, 0.1) is 17.5 Å². The summed E-state index contributed by atoms with van der Waals surface area (Å²) in [5.74, 6) is -2.89. The Morgan fingerprint density at radius 3 is 2.52 bits per heavy atom. The van der Waals surface area contributed by atoms with Crippen molar-refractivity contribution < 1.29 is 22.8 Å². The van der Waals surface area contributed by atoms with E-state index in [1.54, 1.807) is 18.2 Å². The Morgan fingerprint density at radius 1 is 1.00 bits per heavy atom. The summed E-state index contributed by atoms with van der Waals surface area (Å²) in [6.45, 7) is -0.209. The molecule has 0 saturated heterocycles. The molecule has 3 aromatic rings. The van der Waals surface area contributed by atoms with Gasteiger partial charge < -0.3 is 9.74 Å². The lowest BCUT2D eigenvalue weighted by Gasteiger charge is -2.25. The molecule has 0 aromatic heterocycles. The molecule has 1 heterocycles. The highest BCUT2D eigenvalue weighted by Gasteiger charge is 2.29. The monoisotopic (exact) mass is 492 g/mol. The molecule has 1 aliphatic rings. The second-order valence-corrected chi connectivity index (χ2v) is 8.31. The van der Waals surface area contributed by atoms with Gasteiger partial charge in [-0.3, -0.25) is 4.79 Å². The molecular formula is C24H17Cl2F3N2O2. The Hall–Kier alpha value is -3.03. The lowest BCUT2D eigenvalue weighted by molar-refractivity contribution is 0.0400. The van der Waals surface area contributed by atoms with Gasteiger partial charge in [-0.2, -0.15) is 0 Å². The summed E-state index contributed by atoms with van der Waals surface area (Å²) in [6, 6.07) is 13.6. The van der Waals surface area contributed by atoms with Crippen LogP contribution in [0.3, 0.4) is 0 Å². The van der Waals surface area contributed by atoms with E-state index in [0.29, 0.717) is 27.7 Å². The van der Waals surface area contributed by atoms with Crippen LogP contribution in [0.2, 0.25) is 10.0 Å². The van der Waals surface area contributed by atoms with Crippen molar-refractivity contribution in [2.24, 2.45) is 5.16 Å². The zero-order valence-corrected chi connectivity index (χ0v) is 18.6. The standard InChI is InChI=1S/C24H17Cl2F3N2O2/c25-19-8-6-14(9-20(19)26)23-11-17(33-30-23)13-31(12-15-5-7-16(27)10-22(15)29)24(32)18-3-1-2-4-21(18)28/h1-10,17H,11-13H2. The van der Waals surface area contributed by atoms with E-state index in [1.165, 1.54) is 35.2 Å². The van der Waals surface area contributed by atoms with Gasteiger partial charge >= 0.3 is 0 Å². The van der Waals surface area contributed by atoms with Gasteiger partial charge in [0.05, 0.1) is 27.9 Å². The maximum Gasteiger partial charge on any atom is 0.257 e. The largest absolute Gasteiger partial charge is 0.390 e. The van der Waals surface area contributed by atoms with Crippen molar-refractivity contribution in [2.75, 3.05) is 6.54 Å². The molecule has 4 nitrogen and oxygen atoms in total. The molecule has 1 aliphatic heterocycles. The summed E-state index contributed by atoms with van der Waals surface area (Å²) in [7, 11) is 0. The van der Waals surface area contributed by atoms with Crippen LogP contribution in [0.1, 0.15) is 27.9 Å². The molecule has 1 unspecified atom stereocenters. The van der Waals surface area contributed by atoms with Gasteiger partial charge in [-0.05, 0) is 30.3 Å². The summed E-state index contributed by atoms with van der Waals surface area (Å²) >= 11 is 12.0. The molecule has 1 amide bonds. The quantitative estimate of drug-likeness (QED) is 0.408. The number of hydrogen-bond acceptors (Lipinski definition) is 3. The highest BCUT2D eigenvalue weighted by Crippen LogP contribution is 2.26. The average Bonchev–Trinajstić information content (AvgIpc) is 3.25. The number of hydrogen-bond donors (Lipinski definition) is 0. The van der Waals surface area contributed by atoms with E-state index < -0.39 is 29.5 Å². The zero-order chi connectivity index (χ0) is 23.5. The fraction of sp³-hybridized carbons (Fsp3) is 0.167. The second kappa shape index (κ2) is 9.85. The van der Waals surface area contributed by atoms with E-state index in [9.17, 15) is 18.0 Å². The third-order valence-corrected chi connectivity index (χ3v) is 5.92. The highest BCUT2D eigenvalue weighted by molar-refractivity contribution is 6.42. The van der Waals surface area contributed by atoms with Gasteiger partial charge in [-0.1, -0.05) is 52.6 Å². The van der Waals surface area contributed by atoms with Gasteiger partial charge in [0.15, 0.2) is 6.10 Å². The third kappa shape index (κ3) is 5.31. The Bertz CT molecular complexity index is 1240. The average molecular weight is 493 g/mol. The van der Waals surface area contributed by atoms with E-state index in [4.69, 9.17) is 28.0 Å². The van der Waals surface area contributed by atoms with Crippen LogP contribution in [-0.2, 0) is 11.4 Å². The number of carbonyl (C=O) groups is 1. The fourth-order valence-corrected chi connectivity index (χ4v) is 3.80. The van der Waals surface area contributed by atoms with Crippen LogP contribution in [-0.4, -0.2) is 29.2 Å². The van der Waals surface area contributed by atoms with Crippen LogP contribution in [0.5, 0.6) is 0 Å². The maximum atomic E-state index is 14.3. The van der Waals surface area contributed by atoms with Crippen molar-refractivity contribution in [1.29, 1.82) is 0 Å². The molecule has 0 aliphatic carbocycles. The van der Waals surface area contributed by atoms with Crippen molar-refractivity contribution >= 4 is 34.8 Å². The minimum atomic E-state index is -0.804. The first-order valence-electron chi connectivity index (χ1n) is 9.97. The summed E-state index contributed by atoms with van der Waals surface area (Å²) in [4.78, 5) is 19.9. The first-order chi connectivity index (χ1) is 15.8. The highest BCUT2D eigenvalue weighted by atomic mass is 35.5. The normalized spacial score (nSPS) is 15.2. The summed E-state index contributed by atoms with van der Waals surface area (Å²) in [5.41, 5.74) is 1.24.